The molecule has 0 spiro atoms. The fourth-order valence-electron chi connectivity index (χ4n) is 3.32. The molecule has 9 heteroatoms. The average molecular weight is 407 g/mol. The number of carbonyl (C=O) groups is 2. The molecule has 3 N–H and O–H groups in total. The second kappa shape index (κ2) is 10.8. The topological polar surface area (TPSA) is 106 Å². The maximum Gasteiger partial charge on any atom is 0.276 e. The van der Waals surface area contributed by atoms with Gasteiger partial charge < -0.3 is 16.0 Å². The van der Waals surface area contributed by atoms with E-state index in [0.717, 1.165) is 24.8 Å². The largest absolute Gasteiger partial charge is 0.354 e. The van der Waals surface area contributed by atoms with E-state index < -0.39 is 0 Å². The lowest BCUT2D eigenvalue weighted by Crippen LogP contribution is -2.49. The van der Waals surface area contributed by atoms with Crippen LogP contribution in [0.3, 0.4) is 0 Å². The molecule has 0 bridgehead atoms. The quantitative estimate of drug-likeness (QED) is 0.718. The Labute approximate surface area is 170 Å². The first-order chi connectivity index (χ1) is 13.2. The number of rotatable bonds is 7. The Kier molecular flexibility index (Phi) is 8.41. The third-order valence-electron chi connectivity index (χ3n) is 4.74. The van der Waals surface area contributed by atoms with Crippen LogP contribution in [0.1, 0.15) is 41.7 Å². The van der Waals surface area contributed by atoms with E-state index in [1.165, 1.54) is 0 Å². The summed E-state index contributed by atoms with van der Waals surface area (Å²) in [6.07, 6.45) is 4.86. The van der Waals surface area contributed by atoms with Crippen molar-refractivity contribution in [1.29, 1.82) is 0 Å². The zero-order chi connectivity index (χ0) is 19.1. The van der Waals surface area contributed by atoms with E-state index in [2.05, 4.69) is 15.6 Å². The Hall–Kier alpha value is -2.45. The zero-order valence-corrected chi connectivity index (χ0v) is 16.6. The van der Waals surface area contributed by atoms with Crippen LogP contribution in [0.5, 0.6) is 0 Å². The summed E-state index contributed by atoms with van der Waals surface area (Å²) in [7, 11) is 0. The fourth-order valence-corrected chi connectivity index (χ4v) is 3.32. The molecule has 1 aliphatic heterocycles. The average Bonchev–Trinajstić information content (AvgIpc) is 3.15. The molecule has 1 fully saturated rings. The standard InChI is InChI=1S/C19H26N6O2.ClH/c20-10-9-18(26)21-12-16-8-4-5-11-25(16)19(27)17-14-24(23-22-17)13-15-6-2-1-3-7-15;/h1-3,6-7,14,16H,4-5,8-13,20H2,(H,21,26);1H. The van der Waals surface area contributed by atoms with E-state index in [1.54, 1.807) is 10.9 Å². The SMILES string of the molecule is Cl.NCCC(=O)NCC1CCCCN1C(=O)c1cn(Cc2ccccc2)nn1. The van der Waals surface area contributed by atoms with Gasteiger partial charge in [-0.1, -0.05) is 35.5 Å². The summed E-state index contributed by atoms with van der Waals surface area (Å²) in [6.45, 7) is 2.01. The molecule has 1 unspecified atom stereocenters. The second-order valence-corrected chi connectivity index (χ2v) is 6.78. The monoisotopic (exact) mass is 406 g/mol. The van der Waals surface area contributed by atoms with Gasteiger partial charge >= 0.3 is 0 Å². The third-order valence-corrected chi connectivity index (χ3v) is 4.74. The van der Waals surface area contributed by atoms with Gasteiger partial charge in [-0.25, -0.2) is 4.68 Å². The van der Waals surface area contributed by atoms with Crippen LogP contribution in [0, 0.1) is 0 Å². The van der Waals surface area contributed by atoms with Crippen LogP contribution >= 0.6 is 12.4 Å². The van der Waals surface area contributed by atoms with Gasteiger partial charge in [0.05, 0.1) is 12.7 Å². The highest BCUT2D eigenvalue weighted by molar-refractivity contribution is 5.92. The van der Waals surface area contributed by atoms with Crippen molar-refractivity contribution in [3.8, 4) is 0 Å². The highest BCUT2D eigenvalue weighted by Crippen LogP contribution is 2.19. The predicted molar refractivity (Wildman–Crippen MR) is 108 cm³/mol. The Morgan fingerprint density at radius 3 is 2.75 bits per heavy atom. The lowest BCUT2D eigenvalue weighted by molar-refractivity contribution is -0.121. The van der Waals surface area contributed by atoms with E-state index >= 15 is 0 Å². The van der Waals surface area contributed by atoms with Crippen molar-refractivity contribution >= 4 is 24.2 Å². The molecule has 0 aliphatic carbocycles. The third kappa shape index (κ3) is 5.77. The van der Waals surface area contributed by atoms with Crippen LogP contribution in [-0.4, -0.2) is 57.4 Å². The van der Waals surface area contributed by atoms with Gasteiger partial charge in [-0.2, -0.15) is 0 Å². The molecule has 1 aromatic heterocycles. The first kappa shape index (κ1) is 21.8. The highest BCUT2D eigenvalue weighted by Gasteiger charge is 2.29. The number of benzene rings is 1. The van der Waals surface area contributed by atoms with Gasteiger partial charge in [-0.3, -0.25) is 9.59 Å². The molecule has 152 valence electrons. The lowest BCUT2D eigenvalue weighted by atomic mass is 10.0. The van der Waals surface area contributed by atoms with Crippen molar-refractivity contribution in [2.45, 2.75) is 38.3 Å². The van der Waals surface area contributed by atoms with Crippen molar-refractivity contribution in [1.82, 2.24) is 25.2 Å². The Bertz CT molecular complexity index is 767. The normalized spacial score (nSPS) is 16.3. The van der Waals surface area contributed by atoms with Crippen molar-refractivity contribution in [2.75, 3.05) is 19.6 Å². The summed E-state index contributed by atoms with van der Waals surface area (Å²) < 4.78 is 1.67. The van der Waals surface area contributed by atoms with Crippen LogP contribution in [-0.2, 0) is 11.3 Å². The number of hydrogen-bond acceptors (Lipinski definition) is 5. The van der Waals surface area contributed by atoms with Gasteiger partial charge in [-0.15, -0.1) is 17.5 Å². The Morgan fingerprint density at radius 2 is 2.00 bits per heavy atom. The molecule has 0 radical (unpaired) electrons. The minimum atomic E-state index is -0.132. The molecule has 1 atom stereocenters. The van der Waals surface area contributed by atoms with Crippen LogP contribution < -0.4 is 11.1 Å². The maximum absolute atomic E-state index is 12.9. The summed E-state index contributed by atoms with van der Waals surface area (Å²) in [6, 6.07) is 9.89. The first-order valence-electron chi connectivity index (χ1n) is 9.39. The Morgan fingerprint density at radius 1 is 1.21 bits per heavy atom. The number of hydrogen-bond donors (Lipinski definition) is 2. The van der Waals surface area contributed by atoms with Gasteiger partial charge in [0.2, 0.25) is 5.91 Å². The zero-order valence-electron chi connectivity index (χ0n) is 15.8. The number of nitrogens with zero attached hydrogens (tertiary/aromatic N) is 4. The van der Waals surface area contributed by atoms with E-state index in [1.807, 2.05) is 35.2 Å². The Balaban J connectivity index is 0.00000280. The molecule has 2 aromatic rings. The second-order valence-electron chi connectivity index (χ2n) is 6.78. The molecular formula is C19H27ClN6O2. The summed E-state index contributed by atoms with van der Waals surface area (Å²) in [4.78, 5) is 26.4. The molecule has 0 saturated carbocycles. The van der Waals surface area contributed by atoms with E-state index in [-0.39, 0.29) is 30.3 Å². The molecule has 1 aliphatic rings. The number of nitrogens with one attached hydrogen (secondary N) is 1. The number of nitrogens with two attached hydrogens (primary N) is 1. The van der Waals surface area contributed by atoms with Crippen LogP contribution in [0.4, 0.5) is 0 Å². The van der Waals surface area contributed by atoms with E-state index in [0.29, 0.717) is 38.3 Å². The maximum atomic E-state index is 12.9. The van der Waals surface area contributed by atoms with Gasteiger partial charge in [0.1, 0.15) is 0 Å². The fraction of sp³-hybridized carbons (Fsp3) is 0.474. The number of piperidine rings is 1. The molecule has 1 aromatic carbocycles. The molecule has 3 rings (SSSR count). The minimum absolute atomic E-state index is 0. The molecule has 1 saturated heterocycles. The van der Waals surface area contributed by atoms with Gasteiger partial charge in [0.25, 0.3) is 5.91 Å². The van der Waals surface area contributed by atoms with Crippen LogP contribution in [0.15, 0.2) is 36.5 Å². The summed E-state index contributed by atoms with van der Waals surface area (Å²) >= 11 is 0. The summed E-state index contributed by atoms with van der Waals surface area (Å²) in [5, 5.41) is 11.0. The summed E-state index contributed by atoms with van der Waals surface area (Å²) in [5.41, 5.74) is 6.84. The predicted octanol–water partition coefficient (Wildman–Crippen LogP) is 1.21. The number of amides is 2. The molecule has 2 heterocycles. The van der Waals surface area contributed by atoms with Crippen LogP contribution in [0.2, 0.25) is 0 Å². The van der Waals surface area contributed by atoms with Crippen molar-refractivity contribution in [3.63, 3.8) is 0 Å². The van der Waals surface area contributed by atoms with Gasteiger partial charge in [-0.05, 0) is 24.8 Å². The summed E-state index contributed by atoms with van der Waals surface area (Å²) in [5.74, 6) is -0.212. The van der Waals surface area contributed by atoms with Crippen LogP contribution in [0.25, 0.3) is 0 Å². The molecule has 8 nitrogen and oxygen atoms in total. The first-order valence-corrected chi connectivity index (χ1v) is 9.39. The van der Waals surface area contributed by atoms with Crippen molar-refractivity contribution < 1.29 is 9.59 Å². The molecular weight excluding hydrogens is 380 g/mol. The number of halogens is 1. The molecule has 2 amide bonds. The van der Waals surface area contributed by atoms with E-state index in [9.17, 15) is 9.59 Å². The minimum Gasteiger partial charge on any atom is -0.354 e. The van der Waals surface area contributed by atoms with Gasteiger partial charge in [0, 0.05) is 32.1 Å². The van der Waals surface area contributed by atoms with Gasteiger partial charge in [0.15, 0.2) is 5.69 Å². The highest BCUT2D eigenvalue weighted by atomic mass is 35.5. The number of aromatic nitrogens is 3. The number of likely N-dealkylation sites (tertiary alicyclic amines) is 1. The van der Waals surface area contributed by atoms with Crippen molar-refractivity contribution in [3.05, 3.63) is 47.8 Å². The smallest absolute Gasteiger partial charge is 0.276 e. The van der Waals surface area contributed by atoms with E-state index in [4.69, 9.17) is 5.73 Å². The van der Waals surface area contributed by atoms with Crippen molar-refractivity contribution in [2.24, 2.45) is 5.73 Å². The lowest BCUT2D eigenvalue weighted by Gasteiger charge is -2.35. The molecule has 28 heavy (non-hydrogen) atoms. The number of carbonyl (C=O) groups excluding carboxylic acids is 2.